The lowest BCUT2D eigenvalue weighted by Gasteiger charge is -2.13. The highest BCUT2D eigenvalue weighted by atomic mass is 19.2. The fourth-order valence-corrected chi connectivity index (χ4v) is 1.25. The number of benzene rings is 1. The fourth-order valence-electron chi connectivity index (χ4n) is 1.25. The van der Waals surface area contributed by atoms with Crippen molar-refractivity contribution in [2.45, 2.75) is 12.5 Å². The number of phenolic OH excluding ortho intramolecular Hbond substituents is 1. The summed E-state index contributed by atoms with van der Waals surface area (Å²) in [5.41, 5.74) is 5.03. The van der Waals surface area contributed by atoms with Crippen LogP contribution in [0.5, 0.6) is 5.75 Å². The Morgan fingerprint density at radius 3 is 2.53 bits per heavy atom. The van der Waals surface area contributed by atoms with E-state index in [1.807, 2.05) is 0 Å². The molecule has 15 heavy (non-hydrogen) atoms. The SMILES string of the molecule is C=CC[C@@H](N)c1c(O)cc(F)c(F)c1F. The van der Waals surface area contributed by atoms with Crippen LogP contribution in [0.3, 0.4) is 0 Å². The van der Waals surface area contributed by atoms with Gasteiger partial charge < -0.3 is 10.8 Å². The van der Waals surface area contributed by atoms with E-state index in [0.717, 1.165) is 0 Å². The molecule has 0 aliphatic heterocycles. The lowest BCUT2D eigenvalue weighted by atomic mass is 10.0. The minimum atomic E-state index is -1.64. The third-order valence-corrected chi connectivity index (χ3v) is 1.97. The zero-order valence-electron chi connectivity index (χ0n) is 7.80. The van der Waals surface area contributed by atoms with Gasteiger partial charge in [-0.15, -0.1) is 6.58 Å². The van der Waals surface area contributed by atoms with Crippen LogP contribution >= 0.6 is 0 Å². The minimum Gasteiger partial charge on any atom is -0.507 e. The monoisotopic (exact) mass is 217 g/mol. The van der Waals surface area contributed by atoms with Gasteiger partial charge in [0.15, 0.2) is 17.5 Å². The number of hydrogen-bond donors (Lipinski definition) is 2. The number of rotatable bonds is 3. The standard InChI is InChI=1S/C10H10F3NO/c1-2-3-6(14)8-7(15)4-5(11)9(12)10(8)13/h2,4,6,15H,1,3,14H2/t6-/m1/s1. The average Bonchev–Trinajstić information content (AvgIpc) is 2.15. The lowest BCUT2D eigenvalue weighted by molar-refractivity contribution is 0.401. The molecule has 0 amide bonds. The summed E-state index contributed by atoms with van der Waals surface area (Å²) in [5.74, 6) is -5.23. The van der Waals surface area contributed by atoms with Crippen molar-refractivity contribution in [2.24, 2.45) is 5.73 Å². The Kier molecular flexibility index (Phi) is 3.36. The highest BCUT2D eigenvalue weighted by Gasteiger charge is 2.22. The first-order chi connectivity index (χ1) is 6.99. The number of hydrogen-bond acceptors (Lipinski definition) is 2. The summed E-state index contributed by atoms with van der Waals surface area (Å²) in [5, 5.41) is 9.23. The predicted molar refractivity (Wildman–Crippen MR) is 49.7 cm³/mol. The normalized spacial score (nSPS) is 12.5. The third-order valence-electron chi connectivity index (χ3n) is 1.97. The second kappa shape index (κ2) is 4.35. The van der Waals surface area contributed by atoms with Crippen molar-refractivity contribution in [3.63, 3.8) is 0 Å². The second-order valence-corrected chi connectivity index (χ2v) is 3.05. The summed E-state index contributed by atoms with van der Waals surface area (Å²) in [6, 6.07) is -0.450. The fraction of sp³-hybridized carbons (Fsp3) is 0.200. The first-order valence-corrected chi connectivity index (χ1v) is 4.21. The van der Waals surface area contributed by atoms with Gasteiger partial charge in [0.1, 0.15) is 5.75 Å². The van der Waals surface area contributed by atoms with Crippen molar-refractivity contribution in [2.75, 3.05) is 0 Å². The van der Waals surface area contributed by atoms with Crippen molar-refractivity contribution >= 4 is 0 Å². The molecule has 82 valence electrons. The molecule has 1 aromatic rings. The van der Waals surface area contributed by atoms with Gasteiger partial charge in [0.05, 0.1) is 0 Å². The molecule has 0 heterocycles. The van der Waals surface area contributed by atoms with Crippen molar-refractivity contribution in [1.82, 2.24) is 0 Å². The summed E-state index contributed by atoms with van der Waals surface area (Å²) in [4.78, 5) is 0. The van der Waals surface area contributed by atoms with E-state index in [1.165, 1.54) is 6.08 Å². The third kappa shape index (κ3) is 2.12. The van der Waals surface area contributed by atoms with Gasteiger partial charge in [0.2, 0.25) is 0 Å². The smallest absolute Gasteiger partial charge is 0.195 e. The Balaban J connectivity index is 3.28. The summed E-state index contributed by atoms with van der Waals surface area (Å²) in [6.07, 6.45) is 1.54. The van der Waals surface area contributed by atoms with E-state index in [4.69, 9.17) is 5.73 Å². The average molecular weight is 217 g/mol. The molecule has 0 bridgehead atoms. The molecule has 0 unspecified atom stereocenters. The zero-order valence-corrected chi connectivity index (χ0v) is 7.80. The molecular weight excluding hydrogens is 207 g/mol. The van der Waals surface area contributed by atoms with Crippen LogP contribution in [-0.4, -0.2) is 5.11 Å². The largest absolute Gasteiger partial charge is 0.507 e. The molecule has 1 aromatic carbocycles. The molecule has 0 radical (unpaired) electrons. The predicted octanol–water partition coefficient (Wildman–Crippen LogP) is 2.39. The Morgan fingerprint density at radius 1 is 1.40 bits per heavy atom. The van der Waals surface area contributed by atoms with E-state index in [0.29, 0.717) is 6.07 Å². The molecule has 0 saturated carbocycles. The van der Waals surface area contributed by atoms with Crippen LogP contribution in [0.25, 0.3) is 0 Å². The first-order valence-electron chi connectivity index (χ1n) is 4.21. The zero-order chi connectivity index (χ0) is 11.6. The van der Waals surface area contributed by atoms with Crippen LogP contribution in [0.1, 0.15) is 18.0 Å². The molecule has 0 aliphatic rings. The summed E-state index contributed by atoms with van der Waals surface area (Å²) in [7, 11) is 0. The Bertz CT molecular complexity index is 393. The van der Waals surface area contributed by atoms with E-state index in [9.17, 15) is 18.3 Å². The highest BCUT2D eigenvalue weighted by Crippen LogP contribution is 2.30. The quantitative estimate of drug-likeness (QED) is 0.603. The maximum Gasteiger partial charge on any atom is 0.195 e. The summed E-state index contributed by atoms with van der Waals surface area (Å²) >= 11 is 0. The Morgan fingerprint density at radius 2 is 2.00 bits per heavy atom. The van der Waals surface area contributed by atoms with Crippen molar-refractivity contribution < 1.29 is 18.3 Å². The molecule has 1 rings (SSSR count). The summed E-state index contributed by atoms with van der Waals surface area (Å²) in [6.45, 7) is 3.37. The molecule has 0 fully saturated rings. The molecule has 0 aliphatic carbocycles. The van der Waals surface area contributed by atoms with E-state index in [1.54, 1.807) is 0 Å². The van der Waals surface area contributed by atoms with Crippen molar-refractivity contribution in [3.05, 3.63) is 41.7 Å². The van der Waals surface area contributed by atoms with Gasteiger partial charge in [0, 0.05) is 17.7 Å². The van der Waals surface area contributed by atoms with E-state index in [-0.39, 0.29) is 6.42 Å². The molecule has 3 N–H and O–H groups in total. The van der Waals surface area contributed by atoms with E-state index in [2.05, 4.69) is 6.58 Å². The van der Waals surface area contributed by atoms with Gasteiger partial charge in [0.25, 0.3) is 0 Å². The van der Waals surface area contributed by atoms with Gasteiger partial charge in [-0.25, -0.2) is 13.2 Å². The molecule has 0 saturated heterocycles. The molecule has 2 nitrogen and oxygen atoms in total. The molecule has 0 spiro atoms. The van der Waals surface area contributed by atoms with Crippen LogP contribution in [0.15, 0.2) is 18.7 Å². The molecular formula is C10H10F3NO. The minimum absolute atomic E-state index is 0.148. The van der Waals surface area contributed by atoms with Crippen LogP contribution in [0, 0.1) is 17.5 Å². The lowest BCUT2D eigenvalue weighted by Crippen LogP contribution is -2.13. The maximum atomic E-state index is 13.2. The van der Waals surface area contributed by atoms with Gasteiger partial charge in [-0.2, -0.15) is 0 Å². The number of aromatic hydroxyl groups is 1. The van der Waals surface area contributed by atoms with E-state index >= 15 is 0 Å². The maximum absolute atomic E-state index is 13.2. The Hall–Kier alpha value is -1.49. The Labute approximate surface area is 84.8 Å². The van der Waals surface area contributed by atoms with Gasteiger partial charge in [-0.3, -0.25) is 0 Å². The summed E-state index contributed by atoms with van der Waals surface area (Å²) < 4.78 is 38.7. The van der Waals surface area contributed by atoms with Gasteiger partial charge in [-0.1, -0.05) is 6.08 Å². The topological polar surface area (TPSA) is 46.2 Å². The van der Waals surface area contributed by atoms with Crippen molar-refractivity contribution in [1.29, 1.82) is 0 Å². The van der Waals surface area contributed by atoms with Crippen LogP contribution < -0.4 is 5.73 Å². The number of halogens is 3. The molecule has 1 atom stereocenters. The van der Waals surface area contributed by atoms with Crippen LogP contribution in [0.2, 0.25) is 0 Å². The molecule has 0 aromatic heterocycles. The highest BCUT2D eigenvalue weighted by molar-refractivity contribution is 5.37. The number of nitrogens with two attached hydrogens (primary N) is 1. The number of phenols is 1. The van der Waals surface area contributed by atoms with Crippen LogP contribution in [0.4, 0.5) is 13.2 Å². The van der Waals surface area contributed by atoms with Gasteiger partial charge in [-0.05, 0) is 6.42 Å². The van der Waals surface area contributed by atoms with E-state index < -0.39 is 34.8 Å². The second-order valence-electron chi connectivity index (χ2n) is 3.05. The molecule has 5 heteroatoms. The van der Waals surface area contributed by atoms with Crippen LogP contribution in [-0.2, 0) is 0 Å². The van der Waals surface area contributed by atoms with Gasteiger partial charge >= 0.3 is 0 Å². The first kappa shape index (κ1) is 11.6. The van der Waals surface area contributed by atoms with Crippen molar-refractivity contribution in [3.8, 4) is 5.75 Å².